The van der Waals surface area contributed by atoms with Crippen molar-refractivity contribution in [2.45, 2.75) is 39.7 Å². The van der Waals surface area contributed by atoms with Crippen LogP contribution in [0, 0.1) is 5.41 Å². The third-order valence-corrected chi connectivity index (χ3v) is 3.60. The summed E-state index contributed by atoms with van der Waals surface area (Å²) in [6.07, 6.45) is 1.78. The molecule has 0 saturated heterocycles. The maximum atomic E-state index is 9.94. The summed E-state index contributed by atoms with van der Waals surface area (Å²) < 4.78 is 5.19. The second-order valence-electron chi connectivity index (χ2n) is 6.02. The summed E-state index contributed by atoms with van der Waals surface area (Å²) >= 11 is 0. The molecule has 0 heterocycles. The van der Waals surface area contributed by atoms with E-state index in [2.05, 4.69) is 19.2 Å². The molecule has 4 heteroatoms. The number of methoxy groups -OCH3 is 1. The van der Waals surface area contributed by atoms with Gasteiger partial charge in [0.2, 0.25) is 0 Å². The molecular formula is C16H27NO3. The van der Waals surface area contributed by atoms with Gasteiger partial charge in [-0.1, -0.05) is 13.8 Å². The Kier molecular flexibility index (Phi) is 6.30. The molecule has 0 spiro atoms. The van der Waals surface area contributed by atoms with Crippen molar-refractivity contribution in [1.29, 1.82) is 0 Å². The highest BCUT2D eigenvalue weighted by molar-refractivity contribution is 5.41. The Hall–Kier alpha value is -1.26. The van der Waals surface area contributed by atoms with Gasteiger partial charge in [-0.15, -0.1) is 0 Å². The largest absolute Gasteiger partial charge is 0.508 e. The van der Waals surface area contributed by atoms with Crippen LogP contribution in [0.2, 0.25) is 0 Å². The SMILES string of the molecule is COc1ccc(O)c(C(C)NCC(C)(C)CCCO)c1. The van der Waals surface area contributed by atoms with E-state index < -0.39 is 0 Å². The van der Waals surface area contributed by atoms with E-state index in [9.17, 15) is 5.11 Å². The first-order valence-corrected chi connectivity index (χ1v) is 7.11. The number of nitrogens with one attached hydrogen (secondary N) is 1. The van der Waals surface area contributed by atoms with Gasteiger partial charge in [0.25, 0.3) is 0 Å². The van der Waals surface area contributed by atoms with Gasteiger partial charge < -0.3 is 20.3 Å². The molecule has 0 aliphatic carbocycles. The zero-order valence-corrected chi connectivity index (χ0v) is 12.9. The lowest BCUT2D eigenvalue weighted by Gasteiger charge is -2.27. The summed E-state index contributed by atoms with van der Waals surface area (Å²) in [6.45, 7) is 7.43. The van der Waals surface area contributed by atoms with Crippen LogP contribution in [0.3, 0.4) is 0 Å². The van der Waals surface area contributed by atoms with Crippen molar-refractivity contribution in [3.8, 4) is 11.5 Å². The number of aliphatic hydroxyl groups excluding tert-OH is 1. The first-order chi connectivity index (χ1) is 9.39. The molecule has 0 bridgehead atoms. The molecule has 0 radical (unpaired) electrons. The molecule has 1 aromatic carbocycles. The second-order valence-corrected chi connectivity index (χ2v) is 6.02. The minimum Gasteiger partial charge on any atom is -0.508 e. The van der Waals surface area contributed by atoms with Gasteiger partial charge in [0, 0.05) is 24.8 Å². The molecule has 1 atom stereocenters. The van der Waals surface area contributed by atoms with Crippen LogP contribution in [0.15, 0.2) is 18.2 Å². The van der Waals surface area contributed by atoms with Gasteiger partial charge in [0.15, 0.2) is 0 Å². The van der Waals surface area contributed by atoms with Crippen molar-refractivity contribution in [3.05, 3.63) is 23.8 Å². The molecule has 0 saturated carbocycles. The quantitative estimate of drug-likeness (QED) is 0.685. The minimum absolute atomic E-state index is 0.0403. The number of rotatable bonds is 8. The number of hydrogen-bond acceptors (Lipinski definition) is 4. The van der Waals surface area contributed by atoms with Crippen LogP contribution in [0.4, 0.5) is 0 Å². The summed E-state index contributed by atoms with van der Waals surface area (Å²) in [6, 6.07) is 5.30. The standard InChI is InChI=1S/C16H27NO3/c1-12(17-11-16(2,3)8-5-9-18)14-10-13(20-4)6-7-15(14)19/h6-7,10,12,17-19H,5,8-9,11H2,1-4H3. The van der Waals surface area contributed by atoms with Crippen molar-refractivity contribution in [1.82, 2.24) is 5.32 Å². The van der Waals surface area contributed by atoms with Crippen LogP contribution in [0.5, 0.6) is 11.5 Å². The summed E-state index contributed by atoms with van der Waals surface area (Å²) in [4.78, 5) is 0. The lowest BCUT2D eigenvalue weighted by Crippen LogP contribution is -2.31. The van der Waals surface area contributed by atoms with E-state index >= 15 is 0 Å². The van der Waals surface area contributed by atoms with Gasteiger partial charge in [-0.3, -0.25) is 0 Å². The zero-order chi connectivity index (χ0) is 15.2. The second kappa shape index (κ2) is 7.50. The molecule has 1 unspecified atom stereocenters. The van der Waals surface area contributed by atoms with Crippen molar-refractivity contribution in [3.63, 3.8) is 0 Å². The fraction of sp³-hybridized carbons (Fsp3) is 0.625. The first-order valence-electron chi connectivity index (χ1n) is 7.11. The fourth-order valence-corrected chi connectivity index (χ4v) is 2.19. The molecule has 3 N–H and O–H groups in total. The van der Waals surface area contributed by atoms with Gasteiger partial charge in [0.1, 0.15) is 11.5 Å². The monoisotopic (exact) mass is 281 g/mol. The van der Waals surface area contributed by atoms with E-state index in [0.29, 0.717) is 0 Å². The predicted octanol–water partition coefficient (Wildman–Crippen LogP) is 2.85. The van der Waals surface area contributed by atoms with Gasteiger partial charge in [-0.25, -0.2) is 0 Å². The molecular weight excluding hydrogens is 254 g/mol. The molecule has 1 aromatic rings. The van der Waals surface area contributed by atoms with Crippen LogP contribution >= 0.6 is 0 Å². The maximum Gasteiger partial charge on any atom is 0.120 e. The Morgan fingerprint density at radius 3 is 2.65 bits per heavy atom. The predicted molar refractivity (Wildman–Crippen MR) is 81.2 cm³/mol. The summed E-state index contributed by atoms with van der Waals surface area (Å²) in [5.74, 6) is 1.02. The van der Waals surface area contributed by atoms with Gasteiger partial charge in [-0.2, -0.15) is 0 Å². The van der Waals surface area contributed by atoms with Crippen LogP contribution in [-0.4, -0.2) is 30.5 Å². The third kappa shape index (κ3) is 5.02. The number of aliphatic hydroxyl groups is 1. The summed E-state index contributed by atoms with van der Waals surface area (Å²) in [5, 5.41) is 22.3. The molecule has 1 rings (SSSR count). The minimum atomic E-state index is 0.0403. The number of benzene rings is 1. The molecule has 0 amide bonds. The molecule has 4 nitrogen and oxygen atoms in total. The van der Waals surface area contributed by atoms with Crippen molar-refractivity contribution >= 4 is 0 Å². The first kappa shape index (κ1) is 16.8. The number of aromatic hydroxyl groups is 1. The Morgan fingerprint density at radius 2 is 2.05 bits per heavy atom. The average Bonchev–Trinajstić information content (AvgIpc) is 2.43. The van der Waals surface area contributed by atoms with Gasteiger partial charge >= 0.3 is 0 Å². The maximum absolute atomic E-state index is 9.94. The lowest BCUT2D eigenvalue weighted by molar-refractivity contribution is 0.232. The highest BCUT2D eigenvalue weighted by Gasteiger charge is 2.19. The Balaban J connectivity index is 2.64. The molecule has 20 heavy (non-hydrogen) atoms. The van der Waals surface area contributed by atoms with Gasteiger partial charge in [-0.05, 0) is 43.4 Å². The molecule has 0 aliphatic rings. The number of hydrogen-bond donors (Lipinski definition) is 3. The third-order valence-electron chi connectivity index (χ3n) is 3.60. The average molecular weight is 281 g/mol. The van der Waals surface area contributed by atoms with Crippen molar-refractivity contribution < 1.29 is 14.9 Å². The highest BCUT2D eigenvalue weighted by Crippen LogP contribution is 2.29. The number of ether oxygens (including phenoxy) is 1. The zero-order valence-electron chi connectivity index (χ0n) is 12.9. The molecule has 0 aromatic heterocycles. The van der Waals surface area contributed by atoms with Crippen molar-refractivity contribution in [2.24, 2.45) is 5.41 Å². The topological polar surface area (TPSA) is 61.7 Å². The van der Waals surface area contributed by atoms with Crippen LogP contribution in [0.25, 0.3) is 0 Å². The van der Waals surface area contributed by atoms with E-state index in [-0.39, 0.29) is 23.8 Å². The van der Waals surface area contributed by atoms with E-state index in [4.69, 9.17) is 9.84 Å². The van der Waals surface area contributed by atoms with E-state index in [1.807, 2.05) is 13.0 Å². The summed E-state index contributed by atoms with van der Waals surface area (Å²) in [5.41, 5.74) is 0.952. The van der Waals surface area contributed by atoms with Gasteiger partial charge in [0.05, 0.1) is 7.11 Å². The lowest BCUT2D eigenvalue weighted by atomic mass is 9.87. The number of phenolic OH excluding ortho intramolecular Hbond substituents is 1. The van der Waals surface area contributed by atoms with Crippen molar-refractivity contribution in [2.75, 3.05) is 20.3 Å². The molecule has 0 fully saturated rings. The summed E-state index contributed by atoms with van der Waals surface area (Å²) in [7, 11) is 1.62. The molecule has 114 valence electrons. The Bertz CT molecular complexity index is 418. The Morgan fingerprint density at radius 1 is 1.35 bits per heavy atom. The number of phenols is 1. The highest BCUT2D eigenvalue weighted by atomic mass is 16.5. The van der Waals surface area contributed by atoms with E-state index in [1.54, 1.807) is 19.2 Å². The molecule has 0 aliphatic heterocycles. The van der Waals surface area contributed by atoms with Crippen LogP contribution < -0.4 is 10.1 Å². The van der Waals surface area contributed by atoms with Crippen LogP contribution in [0.1, 0.15) is 45.2 Å². The van der Waals surface area contributed by atoms with E-state index in [0.717, 1.165) is 30.7 Å². The van der Waals surface area contributed by atoms with E-state index in [1.165, 1.54) is 0 Å². The Labute approximate surface area is 121 Å². The smallest absolute Gasteiger partial charge is 0.120 e. The normalized spacial score (nSPS) is 13.2. The van der Waals surface area contributed by atoms with Crippen LogP contribution in [-0.2, 0) is 0 Å². The fourth-order valence-electron chi connectivity index (χ4n) is 2.19.